The third kappa shape index (κ3) is 5.82. The van der Waals surface area contributed by atoms with E-state index in [1.54, 1.807) is 23.1 Å². The number of thioether (sulfide) groups is 1. The van der Waals surface area contributed by atoms with E-state index in [4.69, 9.17) is 33.3 Å². The number of carbonyl (C=O) groups is 2. The number of nitrogens with one attached hydrogen (secondary N) is 1. The Morgan fingerprint density at radius 3 is 2.56 bits per heavy atom. The summed E-state index contributed by atoms with van der Waals surface area (Å²) in [5.41, 5.74) is 2.45. The van der Waals surface area contributed by atoms with Gasteiger partial charge in [-0.25, -0.2) is 0 Å². The van der Waals surface area contributed by atoms with E-state index in [1.165, 1.54) is 11.8 Å². The summed E-state index contributed by atoms with van der Waals surface area (Å²) in [5, 5.41) is 3.05. The molecule has 1 fully saturated rings. The van der Waals surface area contributed by atoms with Crippen molar-refractivity contribution in [3.8, 4) is 11.5 Å². The first-order valence-corrected chi connectivity index (χ1v) is 11.6. The molecule has 0 spiro atoms. The van der Waals surface area contributed by atoms with Crippen LogP contribution in [0.4, 0.5) is 5.69 Å². The Balaban J connectivity index is 1.76. The maximum absolute atomic E-state index is 12.5. The first-order valence-electron chi connectivity index (χ1n) is 10.0. The molecule has 2 aromatic carbocycles. The lowest BCUT2D eigenvalue weighted by molar-refractivity contribution is -0.122. The summed E-state index contributed by atoms with van der Waals surface area (Å²) in [5.74, 6) is 0.204. The second kappa shape index (κ2) is 10.8. The van der Waals surface area contributed by atoms with Crippen molar-refractivity contribution in [2.45, 2.75) is 20.8 Å². The van der Waals surface area contributed by atoms with Crippen LogP contribution in [0.25, 0.3) is 6.08 Å². The maximum Gasteiger partial charge on any atom is 0.266 e. The monoisotopic (exact) mass is 490 g/mol. The minimum atomic E-state index is -0.320. The van der Waals surface area contributed by atoms with Crippen molar-refractivity contribution < 1.29 is 19.1 Å². The largest absolute Gasteiger partial charge is 0.490 e. The van der Waals surface area contributed by atoms with E-state index in [-0.39, 0.29) is 29.2 Å². The zero-order valence-electron chi connectivity index (χ0n) is 17.9. The topological polar surface area (TPSA) is 67.9 Å². The predicted octanol–water partition coefficient (Wildman–Crippen LogP) is 5.29. The SMILES string of the molecule is CCOc1cc(/C=C2\SC(=S)N(CC)C2=O)cc(Cl)c1OCC(=O)Nc1ccc(C)cc1. The average Bonchev–Trinajstić information content (AvgIpc) is 3.01. The summed E-state index contributed by atoms with van der Waals surface area (Å²) in [7, 11) is 0. The number of hydrogen-bond acceptors (Lipinski definition) is 6. The highest BCUT2D eigenvalue weighted by Gasteiger charge is 2.30. The zero-order chi connectivity index (χ0) is 23.3. The van der Waals surface area contributed by atoms with Crippen LogP contribution in [0.2, 0.25) is 5.02 Å². The Kier molecular flexibility index (Phi) is 8.17. The molecule has 0 radical (unpaired) electrons. The Morgan fingerprint density at radius 1 is 1.22 bits per heavy atom. The van der Waals surface area contributed by atoms with Crippen molar-refractivity contribution in [3.63, 3.8) is 0 Å². The lowest BCUT2D eigenvalue weighted by atomic mass is 10.1. The lowest BCUT2D eigenvalue weighted by Gasteiger charge is -2.15. The van der Waals surface area contributed by atoms with Crippen molar-refractivity contribution in [3.05, 3.63) is 57.5 Å². The molecule has 0 aromatic heterocycles. The molecular weight excluding hydrogens is 468 g/mol. The Labute approximate surface area is 201 Å². The van der Waals surface area contributed by atoms with Gasteiger partial charge in [-0.2, -0.15) is 0 Å². The summed E-state index contributed by atoms with van der Waals surface area (Å²) >= 11 is 12.9. The first-order chi connectivity index (χ1) is 15.3. The molecule has 1 saturated heterocycles. The molecule has 32 heavy (non-hydrogen) atoms. The first kappa shape index (κ1) is 24.1. The molecule has 1 heterocycles. The van der Waals surface area contributed by atoms with Crippen LogP contribution < -0.4 is 14.8 Å². The smallest absolute Gasteiger partial charge is 0.266 e. The molecule has 1 aliphatic rings. The minimum absolute atomic E-state index is 0.135. The fraction of sp³-hybridized carbons (Fsp3) is 0.261. The van der Waals surface area contributed by atoms with Gasteiger partial charge in [0.15, 0.2) is 18.1 Å². The van der Waals surface area contributed by atoms with Gasteiger partial charge in [-0.05, 0) is 56.7 Å². The van der Waals surface area contributed by atoms with Gasteiger partial charge in [-0.1, -0.05) is 53.3 Å². The molecule has 0 aliphatic carbocycles. The van der Waals surface area contributed by atoms with Crippen LogP contribution in [0.15, 0.2) is 41.3 Å². The molecule has 168 valence electrons. The third-order valence-electron chi connectivity index (χ3n) is 4.50. The van der Waals surface area contributed by atoms with Gasteiger partial charge in [0.1, 0.15) is 4.32 Å². The molecule has 9 heteroatoms. The van der Waals surface area contributed by atoms with Crippen LogP contribution in [-0.2, 0) is 9.59 Å². The third-order valence-corrected chi connectivity index (χ3v) is 6.16. The number of ether oxygens (including phenoxy) is 2. The highest BCUT2D eigenvalue weighted by Crippen LogP contribution is 2.39. The lowest BCUT2D eigenvalue weighted by Crippen LogP contribution is -2.27. The van der Waals surface area contributed by atoms with E-state index in [0.717, 1.165) is 5.56 Å². The number of hydrogen-bond donors (Lipinski definition) is 1. The van der Waals surface area contributed by atoms with E-state index in [1.807, 2.05) is 45.0 Å². The second-order valence-corrected chi connectivity index (χ2v) is 8.97. The number of amides is 2. The predicted molar refractivity (Wildman–Crippen MR) is 133 cm³/mol. The molecule has 0 unspecified atom stereocenters. The van der Waals surface area contributed by atoms with Gasteiger partial charge in [0.05, 0.1) is 16.5 Å². The van der Waals surface area contributed by atoms with Crippen LogP contribution in [0.3, 0.4) is 0 Å². The van der Waals surface area contributed by atoms with E-state index >= 15 is 0 Å². The number of halogens is 1. The van der Waals surface area contributed by atoms with Crippen molar-refractivity contribution in [1.29, 1.82) is 0 Å². The summed E-state index contributed by atoms with van der Waals surface area (Å²) in [6.07, 6.45) is 1.72. The van der Waals surface area contributed by atoms with Gasteiger partial charge >= 0.3 is 0 Å². The summed E-state index contributed by atoms with van der Waals surface area (Å²) in [6, 6.07) is 10.8. The van der Waals surface area contributed by atoms with Gasteiger partial charge in [-0.3, -0.25) is 14.5 Å². The molecular formula is C23H23ClN2O4S2. The fourth-order valence-corrected chi connectivity index (χ4v) is 4.63. The average molecular weight is 491 g/mol. The second-order valence-electron chi connectivity index (χ2n) is 6.89. The molecule has 1 N–H and O–H groups in total. The molecule has 0 bridgehead atoms. The molecule has 3 rings (SSSR count). The van der Waals surface area contributed by atoms with E-state index in [9.17, 15) is 9.59 Å². The van der Waals surface area contributed by atoms with Gasteiger partial charge < -0.3 is 14.8 Å². The normalized spacial score (nSPS) is 14.8. The number of likely N-dealkylation sites (N-methyl/N-ethyl adjacent to an activating group) is 1. The van der Waals surface area contributed by atoms with Crippen molar-refractivity contribution in [2.24, 2.45) is 0 Å². The van der Waals surface area contributed by atoms with E-state index in [2.05, 4.69) is 5.32 Å². The van der Waals surface area contributed by atoms with Crippen LogP contribution >= 0.6 is 35.6 Å². The van der Waals surface area contributed by atoms with Crippen LogP contribution in [0, 0.1) is 6.92 Å². The quantitative estimate of drug-likeness (QED) is 0.401. The summed E-state index contributed by atoms with van der Waals surface area (Å²) < 4.78 is 11.9. The van der Waals surface area contributed by atoms with Gasteiger partial charge in [0.25, 0.3) is 11.8 Å². The number of thiocarbonyl (C=S) groups is 1. The highest BCUT2D eigenvalue weighted by atomic mass is 35.5. The fourth-order valence-electron chi connectivity index (χ4n) is 2.97. The minimum Gasteiger partial charge on any atom is -0.490 e. The number of aryl methyl sites for hydroxylation is 1. The van der Waals surface area contributed by atoms with Crippen molar-refractivity contribution in [1.82, 2.24) is 4.90 Å². The summed E-state index contributed by atoms with van der Waals surface area (Å²) in [6.45, 7) is 6.34. The number of nitrogens with zero attached hydrogens (tertiary/aromatic N) is 1. The van der Waals surface area contributed by atoms with Gasteiger partial charge in [0, 0.05) is 12.2 Å². The molecule has 0 atom stereocenters. The Morgan fingerprint density at radius 2 is 1.94 bits per heavy atom. The van der Waals surface area contributed by atoms with Crippen LogP contribution in [-0.4, -0.2) is 40.8 Å². The standard InChI is InChI=1S/C23H23ClN2O4S2/c1-4-26-22(28)19(32-23(26)31)12-15-10-17(24)21(18(11-15)29-5-2)30-13-20(27)25-16-8-6-14(3)7-9-16/h6-12H,4-5,13H2,1-3H3,(H,25,27)/b19-12-. The Hall–Kier alpha value is -2.55. The molecule has 0 saturated carbocycles. The van der Waals surface area contributed by atoms with Crippen LogP contribution in [0.1, 0.15) is 25.0 Å². The molecule has 2 aromatic rings. The number of benzene rings is 2. The molecule has 2 amide bonds. The number of rotatable bonds is 8. The maximum atomic E-state index is 12.5. The van der Waals surface area contributed by atoms with E-state index in [0.29, 0.717) is 39.4 Å². The van der Waals surface area contributed by atoms with Gasteiger partial charge in [-0.15, -0.1) is 0 Å². The summed E-state index contributed by atoms with van der Waals surface area (Å²) in [4.78, 5) is 26.8. The van der Waals surface area contributed by atoms with Crippen molar-refractivity contribution in [2.75, 3.05) is 25.1 Å². The number of carbonyl (C=O) groups excluding carboxylic acids is 2. The molecule has 1 aliphatic heterocycles. The van der Waals surface area contributed by atoms with Gasteiger partial charge in [0.2, 0.25) is 0 Å². The zero-order valence-corrected chi connectivity index (χ0v) is 20.3. The number of anilines is 1. The van der Waals surface area contributed by atoms with Crippen LogP contribution in [0.5, 0.6) is 11.5 Å². The highest BCUT2D eigenvalue weighted by molar-refractivity contribution is 8.26. The van der Waals surface area contributed by atoms with Crippen molar-refractivity contribution >= 4 is 63.5 Å². The van der Waals surface area contributed by atoms with E-state index < -0.39 is 0 Å². The molecule has 6 nitrogen and oxygen atoms in total. The Bertz CT molecular complexity index is 1070.